The van der Waals surface area contributed by atoms with Gasteiger partial charge in [-0.1, -0.05) is 50.2 Å². The third-order valence-electron chi connectivity index (χ3n) is 6.48. The number of carbonyl (C=O) groups is 2. The zero-order valence-corrected chi connectivity index (χ0v) is 20.3. The first-order valence-electron chi connectivity index (χ1n) is 12.0. The van der Waals surface area contributed by atoms with E-state index in [1.165, 1.54) is 22.4 Å². The topological polar surface area (TPSA) is 76.1 Å². The Morgan fingerprint density at radius 1 is 0.971 bits per heavy atom. The summed E-state index contributed by atoms with van der Waals surface area (Å²) >= 11 is 0. The molecule has 182 valence electrons. The smallest absolute Gasteiger partial charge is 0.318 e. The lowest BCUT2D eigenvalue weighted by molar-refractivity contribution is -0.124. The van der Waals surface area contributed by atoms with Gasteiger partial charge in [-0.25, -0.2) is 10.3 Å². The van der Waals surface area contributed by atoms with Crippen molar-refractivity contribution in [2.45, 2.75) is 26.9 Å². The third-order valence-corrected chi connectivity index (χ3v) is 6.48. The summed E-state index contributed by atoms with van der Waals surface area (Å²) in [5.41, 5.74) is 5.62. The number of hydrogen-bond acceptors (Lipinski definition) is 4. The van der Waals surface area contributed by atoms with Gasteiger partial charge < -0.3 is 4.90 Å². The summed E-state index contributed by atoms with van der Waals surface area (Å²) in [5.74, 6) is -0.590. The number of benzene rings is 3. The number of urea groups is 1. The molecule has 1 heterocycles. The molecule has 3 aromatic carbocycles. The van der Waals surface area contributed by atoms with Crippen molar-refractivity contribution >= 4 is 34.5 Å². The largest absolute Gasteiger partial charge is 0.324 e. The fourth-order valence-corrected chi connectivity index (χ4v) is 4.41. The van der Waals surface area contributed by atoms with Crippen LogP contribution in [0.15, 0.2) is 66.7 Å². The fraction of sp³-hybridized carbons (Fsp3) is 0.286. The lowest BCUT2D eigenvalue weighted by Gasteiger charge is -2.19. The van der Waals surface area contributed by atoms with Crippen LogP contribution in [0.4, 0.5) is 10.5 Å². The van der Waals surface area contributed by atoms with Crippen molar-refractivity contribution < 1.29 is 14.8 Å². The molecular weight excluding hydrogens is 440 g/mol. The molecule has 1 fully saturated rings. The first-order chi connectivity index (χ1) is 17.0. The van der Waals surface area contributed by atoms with Gasteiger partial charge in [-0.3, -0.25) is 19.8 Å². The van der Waals surface area contributed by atoms with E-state index < -0.39 is 5.91 Å². The highest BCUT2D eigenvalue weighted by Gasteiger charge is 2.29. The van der Waals surface area contributed by atoms with Crippen LogP contribution in [0.1, 0.15) is 30.5 Å². The van der Waals surface area contributed by atoms with E-state index in [0.717, 1.165) is 36.4 Å². The molecule has 4 rings (SSSR count). The predicted octanol–water partition coefficient (Wildman–Crippen LogP) is 4.64. The Morgan fingerprint density at radius 2 is 1.63 bits per heavy atom. The number of fused-ring (bicyclic) bond motifs is 1. The van der Waals surface area contributed by atoms with E-state index in [2.05, 4.69) is 55.1 Å². The van der Waals surface area contributed by atoms with E-state index in [4.69, 9.17) is 5.21 Å². The molecule has 0 unspecified atom stereocenters. The maximum atomic E-state index is 13.1. The Labute approximate surface area is 206 Å². The van der Waals surface area contributed by atoms with E-state index >= 15 is 0 Å². The average Bonchev–Trinajstić information content (AvgIpc) is 3.25. The van der Waals surface area contributed by atoms with E-state index in [9.17, 15) is 9.59 Å². The van der Waals surface area contributed by atoms with Crippen molar-refractivity contribution in [3.05, 3.63) is 83.4 Å². The fourth-order valence-electron chi connectivity index (χ4n) is 4.41. The van der Waals surface area contributed by atoms with Crippen LogP contribution >= 0.6 is 0 Å². The maximum Gasteiger partial charge on any atom is 0.324 e. The van der Waals surface area contributed by atoms with E-state index in [1.54, 1.807) is 16.5 Å². The first-order valence-corrected chi connectivity index (χ1v) is 12.0. The SMILES string of the molecule is CCN(CC)Cc1ccc2cc(CN3CCN(c4ccc(/C=C/C(=O)NO)cc4)C3=O)ccc2c1. The minimum atomic E-state index is -0.590. The van der Waals surface area contributed by atoms with Gasteiger partial charge in [0.15, 0.2) is 0 Å². The molecule has 0 atom stereocenters. The number of anilines is 1. The zero-order chi connectivity index (χ0) is 24.8. The first kappa shape index (κ1) is 24.4. The Bertz CT molecular complexity index is 1220. The number of carbonyl (C=O) groups excluding carboxylic acids is 2. The van der Waals surface area contributed by atoms with Crippen LogP contribution in [0.2, 0.25) is 0 Å². The third kappa shape index (κ3) is 5.88. The molecule has 3 aromatic rings. The molecule has 1 aliphatic heterocycles. The quantitative estimate of drug-likeness (QED) is 0.270. The summed E-state index contributed by atoms with van der Waals surface area (Å²) in [6, 6.07) is 20.5. The van der Waals surface area contributed by atoms with E-state index in [-0.39, 0.29) is 6.03 Å². The van der Waals surface area contributed by atoms with Gasteiger partial charge in [-0.05, 0) is 70.9 Å². The Hall–Kier alpha value is -3.68. The van der Waals surface area contributed by atoms with Crippen molar-refractivity contribution in [2.75, 3.05) is 31.1 Å². The van der Waals surface area contributed by atoms with Crippen LogP contribution < -0.4 is 10.4 Å². The molecule has 0 aromatic heterocycles. The van der Waals surface area contributed by atoms with Crippen LogP contribution in [0.25, 0.3) is 16.8 Å². The second-order valence-corrected chi connectivity index (χ2v) is 8.73. The number of hydroxylamine groups is 1. The minimum Gasteiger partial charge on any atom is -0.318 e. The molecule has 1 saturated heterocycles. The molecule has 7 heteroatoms. The van der Waals surface area contributed by atoms with Gasteiger partial charge in [0.1, 0.15) is 0 Å². The summed E-state index contributed by atoms with van der Waals surface area (Å²) in [6.07, 6.45) is 2.84. The summed E-state index contributed by atoms with van der Waals surface area (Å²) in [6.45, 7) is 9.28. The number of nitrogens with zero attached hydrogens (tertiary/aromatic N) is 3. The predicted molar refractivity (Wildman–Crippen MR) is 139 cm³/mol. The van der Waals surface area contributed by atoms with Crippen molar-refractivity contribution in [3.63, 3.8) is 0 Å². The molecule has 3 amide bonds. The molecule has 0 saturated carbocycles. The zero-order valence-electron chi connectivity index (χ0n) is 20.3. The summed E-state index contributed by atoms with van der Waals surface area (Å²) in [4.78, 5) is 30.2. The second kappa shape index (κ2) is 11.2. The highest BCUT2D eigenvalue weighted by molar-refractivity contribution is 5.94. The Morgan fingerprint density at radius 3 is 2.29 bits per heavy atom. The van der Waals surface area contributed by atoms with E-state index in [0.29, 0.717) is 19.6 Å². The molecule has 2 N–H and O–H groups in total. The minimum absolute atomic E-state index is 0.0115. The van der Waals surface area contributed by atoms with Crippen LogP contribution in [-0.4, -0.2) is 53.1 Å². The summed E-state index contributed by atoms with van der Waals surface area (Å²) < 4.78 is 0. The summed E-state index contributed by atoms with van der Waals surface area (Å²) in [5, 5.41) is 11.0. The average molecular weight is 473 g/mol. The molecule has 35 heavy (non-hydrogen) atoms. The van der Waals surface area contributed by atoms with Crippen LogP contribution in [0.5, 0.6) is 0 Å². The van der Waals surface area contributed by atoms with E-state index in [1.807, 2.05) is 29.2 Å². The Kier molecular flexibility index (Phi) is 7.80. The van der Waals surface area contributed by atoms with Crippen molar-refractivity contribution in [2.24, 2.45) is 0 Å². The molecule has 0 aliphatic carbocycles. The molecular formula is C28H32N4O3. The molecule has 0 spiro atoms. The van der Waals surface area contributed by atoms with Gasteiger partial charge in [0.25, 0.3) is 5.91 Å². The van der Waals surface area contributed by atoms with Crippen molar-refractivity contribution in [1.29, 1.82) is 0 Å². The number of nitrogens with one attached hydrogen (secondary N) is 1. The van der Waals surface area contributed by atoms with Gasteiger partial charge in [0.05, 0.1) is 0 Å². The molecule has 1 aliphatic rings. The highest BCUT2D eigenvalue weighted by Crippen LogP contribution is 2.24. The maximum absolute atomic E-state index is 13.1. The van der Waals surface area contributed by atoms with Gasteiger partial charge in [0, 0.05) is 37.9 Å². The number of rotatable bonds is 9. The number of amides is 3. The molecule has 7 nitrogen and oxygen atoms in total. The monoisotopic (exact) mass is 472 g/mol. The lowest BCUT2D eigenvalue weighted by atomic mass is 10.0. The molecule has 0 bridgehead atoms. The molecule has 0 radical (unpaired) electrons. The highest BCUT2D eigenvalue weighted by atomic mass is 16.5. The van der Waals surface area contributed by atoms with Crippen LogP contribution in [-0.2, 0) is 17.9 Å². The van der Waals surface area contributed by atoms with Gasteiger partial charge >= 0.3 is 6.03 Å². The van der Waals surface area contributed by atoms with Crippen molar-refractivity contribution in [1.82, 2.24) is 15.3 Å². The summed E-state index contributed by atoms with van der Waals surface area (Å²) in [7, 11) is 0. The standard InChI is InChI=1S/C28H32N4O3/c1-3-30(4-2)19-22-5-10-25-18-23(6-11-24(25)17-22)20-31-15-16-32(28(31)34)26-12-7-21(8-13-26)9-14-27(33)29-35/h5-14,17-18,35H,3-4,15-16,19-20H2,1-2H3,(H,29,33)/b14-9+. The number of hydrogen-bond donors (Lipinski definition) is 2. The van der Waals surface area contributed by atoms with Gasteiger partial charge in [-0.15, -0.1) is 0 Å². The van der Waals surface area contributed by atoms with Crippen molar-refractivity contribution in [3.8, 4) is 0 Å². The second-order valence-electron chi connectivity index (χ2n) is 8.73. The van der Waals surface area contributed by atoms with Gasteiger partial charge in [0.2, 0.25) is 0 Å². The Balaban J connectivity index is 1.41. The normalized spacial score (nSPS) is 14.0. The van der Waals surface area contributed by atoms with Crippen LogP contribution in [0.3, 0.4) is 0 Å². The van der Waals surface area contributed by atoms with Gasteiger partial charge in [-0.2, -0.15) is 0 Å². The van der Waals surface area contributed by atoms with Crippen LogP contribution in [0, 0.1) is 0 Å². The lowest BCUT2D eigenvalue weighted by Crippen LogP contribution is -2.31.